The SMILES string of the molecule is Cn1nc(C(=O)N[C@@H]2CO[C@H](Cn3cc(Cl)c(=O)[nH]c3=O)[C@@H](O)[C@H]2O)c2c1CCC2. The number of fused-ring (bicyclic) bond motifs is 1. The number of halogens is 1. The number of amides is 1. The molecule has 2 aliphatic rings. The van der Waals surface area contributed by atoms with Gasteiger partial charge in [0.2, 0.25) is 0 Å². The largest absolute Gasteiger partial charge is 0.388 e. The van der Waals surface area contributed by atoms with Gasteiger partial charge in [0.15, 0.2) is 5.69 Å². The fraction of sp³-hybridized carbons (Fsp3) is 0.556. The van der Waals surface area contributed by atoms with Crippen molar-refractivity contribution < 1.29 is 19.7 Å². The molecule has 0 aromatic carbocycles. The zero-order chi connectivity index (χ0) is 21.6. The molecule has 1 aliphatic heterocycles. The van der Waals surface area contributed by atoms with Crippen LogP contribution in [0.2, 0.25) is 5.02 Å². The van der Waals surface area contributed by atoms with Gasteiger partial charge < -0.3 is 20.3 Å². The minimum atomic E-state index is -1.38. The summed E-state index contributed by atoms with van der Waals surface area (Å²) in [5.74, 6) is -0.435. The summed E-state index contributed by atoms with van der Waals surface area (Å²) in [6.45, 7) is -0.211. The molecule has 2 aromatic heterocycles. The summed E-state index contributed by atoms with van der Waals surface area (Å²) in [5, 5.41) is 27.7. The third-order valence-corrected chi connectivity index (χ3v) is 5.89. The topological polar surface area (TPSA) is 151 Å². The number of hydrogen-bond acceptors (Lipinski definition) is 7. The van der Waals surface area contributed by atoms with E-state index in [4.69, 9.17) is 16.3 Å². The van der Waals surface area contributed by atoms with Crippen molar-refractivity contribution >= 4 is 17.5 Å². The summed E-state index contributed by atoms with van der Waals surface area (Å²) >= 11 is 5.74. The molecule has 0 saturated carbocycles. The Morgan fingerprint density at radius 1 is 1.37 bits per heavy atom. The molecule has 1 aliphatic carbocycles. The van der Waals surface area contributed by atoms with Crippen LogP contribution in [-0.4, -0.2) is 66.4 Å². The Hall–Kier alpha value is -2.47. The van der Waals surface area contributed by atoms with Gasteiger partial charge in [0.05, 0.1) is 19.2 Å². The molecule has 12 heteroatoms. The van der Waals surface area contributed by atoms with E-state index in [0.717, 1.165) is 41.3 Å². The van der Waals surface area contributed by atoms with E-state index in [1.165, 1.54) is 0 Å². The fourth-order valence-corrected chi connectivity index (χ4v) is 4.18. The summed E-state index contributed by atoms with van der Waals surface area (Å²) in [7, 11) is 1.79. The quantitative estimate of drug-likeness (QED) is 0.444. The first kappa shape index (κ1) is 20.8. The Bertz CT molecular complexity index is 1090. The van der Waals surface area contributed by atoms with Crippen molar-refractivity contribution in [2.24, 2.45) is 7.05 Å². The summed E-state index contributed by atoms with van der Waals surface area (Å²) in [4.78, 5) is 38.0. The molecule has 162 valence electrons. The molecular formula is C18H22ClN5O6. The molecule has 0 radical (unpaired) electrons. The lowest BCUT2D eigenvalue weighted by Gasteiger charge is -2.38. The number of hydrogen-bond donors (Lipinski definition) is 4. The van der Waals surface area contributed by atoms with Crippen LogP contribution in [0.3, 0.4) is 0 Å². The maximum Gasteiger partial charge on any atom is 0.328 e. The average Bonchev–Trinajstić information content (AvgIpc) is 3.29. The molecule has 4 rings (SSSR count). The molecule has 1 saturated heterocycles. The van der Waals surface area contributed by atoms with E-state index in [2.05, 4.69) is 15.4 Å². The van der Waals surface area contributed by atoms with Crippen molar-refractivity contribution in [1.29, 1.82) is 0 Å². The van der Waals surface area contributed by atoms with Crippen LogP contribution in [-0.2, 0) is 31.2 Å². The highest BCUT2D eigenvalue weighted by Crippen LogP contribution is 2.25. The van der Waals surface area contributed by atoms with Crippen LogP contribution in [0.15, 0.2) is 15.8 Å². The van der Waals surface area contributed by atoms with Crippen LogP contribution in [0, 0.1) is 0 Å². The van der Waals surface area contributed by atoms with Crippen LogP contribution >= 0.6 is 11.6 Å². The zero-order valence-corrected chi connectivity index (χ0v) is 16.9. The van der Waals surface area contributed by atoms with Crippen molar-refractivity contribution in [2.45, 2.75) is 50.2 Å². The summed E-state index contributed by atoms with van der Waals surface area (Å²) in [6, 6.07) is -0.848. The van der Waals surface area contributed by atoms with E-state index in [-0.39, 0.29) is 18.2 Å². The Morgan fingerprint density at radius 2 is 2.13 bits per heavy atom. The van der Waals surface area contributed by atoms with Crippen molar-refractivity contribution in [3.8, 4) is 0 Å². The van der Waals surface area contributed by atoms with Crippen molar-refractivity contribution in [1.82, 2.24) is 24.6 Å². The molecule has 4 atom stereocenters. The van der Waals surface area contributed by atoms with Gasteiger partial charge in [0, 0.05) is 24.5 Å². The average molecular weight is 440 g/mol. The molecular weight excluding hydrogens is 418 g/mol. The Balaban J connectivity index is 1.44. The van der Waals surface area contributed by atoms with E-state index in [9.17, 15) is 24.6 Å². The molecule has 1 amide bonds. The number of aliphatic hydroxyl groups excluding tert-OH is 2. The van der Waals surface area contributed by atoms with Gasteiger partial charge in [-0.25, -0.2) is 4.79 Å². The van der Waals surface area contributed by atoms with Crippen LogP contribution < -0.4 is 16.6 Å². The lowest BCUT2D eigenvalue weighted by Crippen LogP contribution is -2.60. The lowest BCUT2D eigenvalue weighted by atomic mass is 9.97. The number of rotatable bonds is 4. The number of carbonyl (C=O) groups is 1. The fourth-order valence-electron chi connectivity index (χ4n) is 4.01. The van der Waals surface area contributed by atoms with Crippen molar-refractivity contribution in [3.63, 3.8) is 0 Å². The molecule has 2 aromatic rings. The second-order valence-corrected chi connectivity index (χ2v) is 7.98. The van der Waals surface area contributed by atoms with E-state index in [1.54, 1.807) is 11.7 Å². The van der Waals surface area contributed by atoms with Crippen LogP contribution in [0.5, 0.6) is 0 Å². The van der Waals surface area contributed by atoms with Crippen LogP contribution in [0.1, 0.15) is 28.2 Å². The smallest absolute Gasteiger partial charge is 0.328 e. The maximum absolute atomic E-state index is 12.7. The third-order valence-electron chi connectivity index (χ3n) is 5.62. The van der Waals surface area contributed by atoms with Gasteiger partial charge in [-0.2, -0.15) is 5.10 Å². The first-order valence-corrected chi connectivity index (χ1v) is 9.96. The molecule has 30 heavy (non-hydrogen) atoms. The first-order valence-electron chi connectivity index (χ1n) is 9.59. The van der Waals surface area contributed by atoms with E-state index < -0.39 is 41.5 Å². The maximum atomic E-state index is 12.7. The molecule has 0 spiro atoms. The minimum absolute atomic E-state index is 0.0739. The number of aromatic nitrogens is 4. The van der Waals surface area contributed by atoms with E-state index in [1.807, 2.05) is 0 Å². The number of aryl methyl sites for hydroxylation is 1. The van der Waals surface area contributed by atoms with Gasteiger partial charge in [0.25, 0.3) is 11.5 Å². The number of aromatic amines is 1. The highest BCUT2D eigenvalue weighted by Gasteiger charge is 2.40. The number of carbonyl (C=O) groups excluding carboxylic acids is 1. The Kier molecular flexibility index (Phi) is 5.53. The van der Waals surface area contributed by atoms with Crippen molar-refractivity contribution in [3.05, 3.63) is 49.0 Å². The predicted molar refractivity (Wildman–Crippen MR) is 105 cm³/mol. The lowest BCUT2D eigenvalue weighted by molar-refractivity contribution is -0.152. The number of aliphatic hydroxyl groups is 2. The molecule has 1 fully saturated rings. The molecule has 4 N–H and O–H groups in total. The first-order chi connectivity index (χ1) is 14.3. The van der Waals surface area contributed by atoms with E-state index in [0.29, 0.717) is 5.69 Å². The monoisotopic (exact) mass is 439 g/mol. The third kappa shape index (κ3) is 3.69. The summed E-state index contributed by atoms with van der Waals surface area (Å²) in [6.07, 6.45) is 0.111. The van der Waals surface area contributed by atoms with E-state index >= 15 is 0 Å². The minimum Gasteiger partial charge on any atom is -0.388 e. The summed E-state index contributed by atoms with van der Waals surface area (Å²) < 4.78 is 8.37. The number of H-pyrrole nitrogens is 1. The predicted octanol–water partition coefficient (Wildman–Crippen LogP) is -1.67. The molecule has 0 bridgehead atoms. The Morgan fingerprint density at radius 3 is 2.90 bits per heavy atom. The second kappa shape index (κ2) is 7.99. The van der Waals surface area contributed by atoms with Gasteiger partial charge in [0.1, 0.15) is 23.3 Å². The highest BCUT2D eigenvalue weighted by molar-refractivity contribution is 6.30. The van der Waals surface area contributed by atoms with Gasteiger partial charge in [-0.3, -0.25) is 23.8 Å². The number of ether oxygens (including phenoxy) is 1. The summed E-state index contributed by atoms with van der Waals surface area (Å²) in [5.41, 5.74) is 0.837. The molecule has 11 nitrogen and oxygen atoms in total. The standard InChI is InChI=1S/C18H22ClN5O6/c1-23-11-4-2-3-8(11)13(22-23)17(28)20-10-7-30-12(15(26)14(10)25)6-24-5-9(19)16(27)21-18(24)29/h5,10,12,14-15,25-26H,2-4,6-7H2,1H3,(H,20,28)(H,21,27,29)/t10-,12-,14+,15-/m1/s1. The Labute approximate surface area is 175 Å². The molecule has 0 unspecified atom stereocenters. The normalized spacial score (nSPS) is 25.9. The van der Waals surface area contributed by atoms with Gasteiger partial charge in [-0.15, -0.1) is 0 Å². The van der Waals surface area contributed by atoms with Gasteiger partial charge >= 0.3 is 5.69 Å². The number of nitrogens with one attached hydrogen (secondary N) is 2. The van der Waals surface area contributed by atoms with Crippen molar-refractivity contribution in [2.75, 3.05) is 6.61 Å². The molecule has 3 heterocycles. The zero-order valence-electron chi connectivity index (χ0n) is 16.2. The van der Waals surface area contributed by atoms with Gasteiger partial charge in [-0.1, -0.05) is 11.6 Å². The number of nitrogens with zero attached hydrogens (tertiary/aromatic N) is 3. The van der Waals surface area contributed by atoms with Gasteiger partial charge in [-0.05, 0) is 19.3 Å². The van der Waals surface area contributed by atoms with Crippen LogP contribution in [0.25, 0.3) is 0 Å². The van der Waals surface area contributed by atoms with Crippen LogP contribution in [0.4, 0.5) is 0 Å². The highest BCUT2D eigenvalue weighted by atomic mass is 35.5. The second-order valence-electron chi connectivity index (χ2n) is 7.57.